The summed E-state index contributed by atoms with van der Waals surface area (Å²) < 4.78 is 0. The fourth-order valence-electron chi connectivity index (χ4n) is 1.68. The first kappa shape index (κ1) is 17.7. The third kappa shape index (κ3) is 7.46. The van der Waals surface area contributed by atoms with Crippen LogP contribution in [-0.4, -0.2) is 48.6 Å². The maximum Gasteiger partial charge on any atom is 0.315 e. The molecule has 0 saturated carbocycles. The van der Waals surface area contributed by atoms with Crippen LogP contribution in [0.5, 0.6) is 0 Å². The summed E-state index contributed by atoms with van der Waals surface area (Å²) in [6.07, 6.45) is 0. The molecule has 1 aromatic carbocycles. The summed E-state index contributed by atoms with van der Waals surface area (Å²) in [7, 11) is 0. The largest absolute Gasteiger partial charge is 0.395 e. The molecule has 0 aliphatic rings. The molecule has 22 heavy (non-hydrogen) atoms. The highest BCUT2D eigenvalue weighted by molar-refractivity contribution is 5.74. The lowest BCUT2D eigenvalue weighted by molar-refractivity contribution is 0.233. The lowest BCUT2D eigenvalue weighted by Crippen LogP contribution is -2.37. The Morgan fingerprint density at radius 3 is 1.68 bits per heavy atom. The minimum Gasteiger partial charge on any atom is -0.395 e. The number of aliphatic hydroxyl groups excluding tert-OH is 2. The van der Waals surface area contributed by atoms with Gasteiger partial charge in [-0.05, 0) is 11.1 Å². The minimum atomic E-state index is -0.346. The van der Waals surface area contributed by atoms with Crippen LogP contribution in [0.2, 0.25) is 0 Å². The van der Waals surface area contributed by atoms with E-state index in [0.717, 1.165) is 11.1 Å². The summed E-state index contributed by atoms with van der Waals surface area (Å²) in [6.45, 7) is 0.904. The van der Waals surface area contributed by atoms with E-state index in [1.807, 2.05) is 24.3 Å². The molecule has 8 heteroatoms. The van der Waals surface area contributed by atoms with Gasteiger partial charge in [-0.1, -0.05) is 24.3 Å². The molecule has 1 aromatic rings. The minimum absolute atomic E-state index is 0.104. The van der Waals surface area contributed by atoms with Crippen molar-refractivity contribution in [3.63, 3.8) is 0 Å². The van der Waals surface area contributed by atoms with Crippen molar-refractivity contribution in [1.29, 1.82) is 0 Å². The predicted octanol–water partition coefficient (Wildman–Crippen LogP) is -0.730. The first-order valence-electron chi connectivity index (χ1n) is 6.98. The van der Waals surface area contributed by atoms with Crippen LogP contribution in [0.4, 0.5) is 9.59 Å². The lowest BCUT2D eigenvalue weighted by atomic mass is 10.1. The molecule has 0 spiro atoms. The van der Waals surface area contributed by atoms with E-state index >= 15 is 0 Å². The molecule has 122 valence electrons. The number of amides is 4. The van der Waals surface area contributed by atoms with Crippen LogP contribution in [0.3, 0.4) is 0 Å². The van der Waals surface area contributed by atoms with Gasteiger partial charge in [0, 0.05) is 26.2 Å². The molecule has 1 rings (SSSR count). The van der Waals surface area contributed by atoms with Gasteiger partial charge < -0.3 is 31.5 Å². The Morgan fingerprint density at radius 2 is 1.27 bits per heavy atom. The van der Waals surface area contributed by atoms with Gasteiger partial charge in [-0.15, -0.1) is 0 Å². The summed E-state index contributed by atoms with van der Waals surface area (Å²) in [5.74, 6) is 0. The first-order chi connectivity index (χ1) is 10.7. The van der Waals surface area contributed by atoms with Gasteiger partial charge in [0.2, 0.25) is 0 Å². The fourth-order valence-corrected chi connectivity index (χ4v) is 1.68. The van der Waals surface area contributed by atoms with E-state index in [2.05, 4.69) is 21.3 Å². The van der Waals surface area contributed by atoms with Crippen molar-refractivity contribution in [3.05, 3.63) is 35.4 Å². The second kappa shape index (κ2) is 10.4. The maximum absolute atomic E-state index is 11.4. The highest BCUT2D eigenvalue weighted by Gasteiger charge is 2.02. The number of carbonyl (C=O) groups excluding carboxylic acids is 2. The van der Waals surface area contributed by atoms with E-state index in [-0.39, 0.29) is 38.4 Å². The Hall–Kier alpha value is -2.32. The van der Waals surface area contributed by atoms with Crippen LogP contribution < -0.4 is 21.3 Å². The van der Waals surface area contributed by atoms with Gasteiger partial charge in [0.25, 0.3) is 0 Å². The van der Waals surface area contributed by atoms with Crippen molar-refractivity contribution in [3.8, 4) is 0 Å². The Kier molecular flexibility index (Phi) is 8.39. The van der Waals surface area contributed by atoms with Gasteiger partial charge in [-0.25, -0.2) is 9.59 Å². The zero-order valence-electron chi connectivity index (χ0n) is 12.3. The number of benzene rings is 1. The average Bonchev–Trinajstić information content (AvgIpc) is 2.54. The fraction of sp³-hybridized carbons (Fsp3) is 0.429. The smallest absolute Gasteiger partial charge is 0.315 e. The Balaban J connectivity index is 2.38. The number of hydrogen-bond donors (Lipinski definition) is 6. The van der Waals surface area contributed by atoms with E-state index < -0.39 is 0 Å². The van der Waals surface area contributed by atoms with Crippen LogP contribution >= 0.6 is 0 Å². The molecule has 0 saturated heterocycles. The van der Waals surface area contributed by atoms with Crippen LogP contribution in [0.25, 0.3) is 0 Å². The van der Waals surface area contributed by atoms with Gasteiger partial charge in [0.15, 0.2) is 0 Å². The summed E-state index contributed by atoms with van der Waals surface area (Å²) in [4.78, 5) is 22.7. The van der Waals surface area contributed by atoms with E-state index in [0.29, 0.717) is 13.1 Å². The van der Waals surface area contributed by atoms with Crippen molar-refractivity contribution in [2.24, 2.45) is 0 Å². The van der Waals surface area contributed by atoms with Crippen molar-refractivity contribution in [2.75, 3.05) is 26.3 Å². The van der Waals surface area contributed by atoms with Gasteiger partial charge in [0.05, 0.1) is 13.2 Å². The van der Waals surface area contributed by atoms with Crippen molar-refractivity contribution >= 4 is 12.1 Å². The van der Waals surface area contributed by atoms with Crippen molar-refractivity contribution in [1.82, 2.24) is 21.3 Å². The Labute approximate surface area is 128 Å². The van der Waals surface area contributed by atoms with E-state index in [1.165, 1.54) is 0 Å². The number of rotatable bonds is 8. The molecule has 4 amide bonds. The Morgan fingerprint density at radius 1 is 0.818 bits per heavy atom. The highest BCUT2D eigenvalue weighted by atomic mass is 16.3. The molecule has 6 N–H and O–H groups in total. The summed E-state index contributed by atoms with van der Waals surface area (Å²) in [5.41, 5.74) is 1.79. The van der Waals surface area contributed by atoms with Crippen molar-refractivity contribution in [2.45, 2.75) is 13.1 Å². The SMILES string of the molecule is O=C(NCCO)NCc1cccc(CNC(=O)NCCO)c1. The Bertz CT molecular complexity index is 442. The van der Waals surface area contributed by atoms with Gasteiger partial charge >= 0.3 is 12.1 Å². The van der Waals surface area contributed by atoms with E-state index in [1.54, 1.807) is 0 Å². The van der Waals surface area contributed by atoms with E-state index in [9.17, 15) is 9.59 Å². The second-order valence-corrected chi connectivity index (χ2v) is 4.49. The quantitative estimate of drug-likeness (QED) is 0.379. The number of nitrogens with one attached hydrogen (secondary N) is 4. The molecule has 0 bridgehead atoms. The number of aliphatic hydroxyl groups is 2. The van der Waals surface area contributed by atoms with Crippen LogP contribution in [0.1, 0.15) is 11.1 Å². The normalized spacial score (nSPS) is 9.91. The molecule has 0 fully saturated rings. The topological polar surface area (TPSA) is 123 Å². The molecule has 0 aliphatic heterocycles. The molecule has 0 aromatic heterocycles. The molecule has 8 nitrogen and oxygen atoms in total. The molecular formula is C14H22N4O4. The third-order valence-corrected chi connectivity index (χ3v) is 2.69. The molecular weight excluding hydrogens is 288 g/mol. The van der Waals surface area contributed by atoms with Crippen LogP contribution in [-0.2, 0) is 13.1 Å². The molecule has 0 unspecified atom stereocenters. The zero-order valence-corrected chi connectivity index (χ0v) is 12.3. The van der Waals surface area contributed by atoms with Gasteiger partial charge in [-0.2, -0.15) is 0 Å². The first-order valence-corrected chi connectivity index (χ1v) is 6.98. The summed E-state index contributed by atoms with van der Waals surface area (Å²) in [6, 6.07) is 6.75. The zero-order chi connectivity index (χ0) is 16.2. The molecule has 0 radical (unpaired) electrons. The van der Waals surface area contributed by atoms with Gasteiger partial charge in [-0.3, -0.25) is 0 Å². The number of carbonyl (C=O) groups is 2. The summed E-state index contributed by atoms with van der Waals surface area (Å²) >= 11 is 0. The monoisotopic (exact) mass is 310 g/mol. The number of hydrogen-bond acceptors (Lipinski definition) is 4. The molecule has 0 aliphatic carbocycles. The number of urea groups is 2. The van der Waals surface area contributed by atoms with Gasteiger partial charge in [0.1, 0.15) is 0 Å². The highest BCUT2D eigenvalue weighted by Crippen LogP contribution is 2.05. The maximum atomic E-state index is 11.4. The predicted molar refractivity (Wildman–Crippen MR) is 81.1 cm³/mol. The second-order valence-electron chi connectivity index (χ2n) is 4.49. The lowest BCUT2D eigenvalue weighted by Gasteiger charge is -2.09. The third-order valence-electron chi connectivity index (χ3n) is 2.69. The van der Waals surface area contributed by atoms with E-state index in [4.69, 9.17) is 10.2 Å². The molecule has 0 heterocycles. The standard InChI is InChI=1S/C14H22N4O4/c19-6-4-15-13(21)17-9-11-2-1-3-12(8-11)10-18-14(22)16-5-7-20/h1-3,8,19-20H,4-7,9-10H2,(H2,15,17,21)(H2,16,18,22). The van der Waals surface area contributed by atoms with Crippen LogP contribution in [0.15, 0.2) is 24.3 Å². The van der Waals surface area contributed by atoms with Crippen molar-refractivity contribution < 1.29 is 19.8 Å². The van der Waals surface area contributed by atoms with Crippen LogP contribution in [0, 0.1) is 0 Å². The average molecular weight is 310 g/mol. The molecule has 0 atom stereocenters. The summed E-state index contributed by atoms with van der Waals surface area (Å²) in [5, 5.41) is 27.5.